The van der Waals surface area contributed by atoms with Gasteiger partial charge in [-0.15, -0.1) is 0 Å². The van der Waals surface area contributed by atoms with E-state index in [1.807, 2.05) is 6.07 Å². The van der Waals surface area contributed by atoms with E-state index in [0.717, 1.165) is 49.9 Å². The van der Waals surface area contributed by atoms with Crippen LogP contribution in [0.25, 0.3) is 0 Å². The van der Waals surface area contributed by atoms with E-state index >= 15 is 0 Å². The summed E-state index contributed by atoms with van der Waals surface area (Å²) >= 11 is 12.9. The molecule has 1 aliphatic heterocycles. The summed E-state index contributed by atoms with van der Waals surface area (Å²) in [5.74, 6) is -0.535. The van der Waals surface area contributed by atoms with Crippen LogP contribution in [-0.2, 0) is 51.1 Å². The van der Waals surface area contributed by atoms with Crippen molar-refractivity contribution in [1.82, 2.24) is 26.2 Å². The van der Waals surface area contributed by atoms with Gasteiger partial charge in [0.05, 0.1) is 79.3 Å². The Labute approximate surface area is 337 Å². The third-order valence-corrected chi connectivity index (χ3v) is 9.51. The molecule has 1 heterocycles. The molecule has 0 bridgehead atoms. The average molecular weight is 813 g/mol. The van der Waals surface area contributed by atoms with Gasteiger partial charge >= 0.3 is 0 Å². The fourth-order valence-corrected chi connectivity index (χ4v) is 6.42. The number of carbonyl (C=O) groups is 2. The predicted octanol–water partition coefficient (Wildman–Crippen LogP) is 3.63. The van der Waals surface area contributed by atoms with Crippen molar-refractivity contribution in [2.75, 3.05) is 126 Å². The van der Waals surface area contributed by atoms with E-state index in [4.69, 9.17) is 51.6 Å². The monoisotopic (exact) mass is 811 g/mol. The Morgan fingerprint density at radius 1 is 0.727 bits per heavy atom. The van der Waals surface area contributed by atoms with Crippen LogP contribution in [0.1, 0.15) is 48.9 Å². The van der Waals surface area contributed by atoms with Crippen LogP contribution in [-0.4, -0.2) is 142 Å². The van der Waals surface area contributed by atoms with Crippen molar-refractivity contribution < 1.29 is 38.0 Å². The van der Waals surface area contributed by atoms with E-state index in [1.165, 1.54) is 16.7 Å². The Hall–Kier alpha value is -2.40. The minimum Gasteiger partial charge on any atom is -0.378 e. The first kappa shape index (κ1) is 47.0. The van der Waals surface area contributed by atoms with E-state index < -0.39 is 5.41 Å². The van der Waals surface area contributed by atoms with Crippen LogP contribution in [0.15, 0.2) is 36.4 Å². The fourth-order valence-electron chi connectivity index (χ4n) is 5.85. The number of amides is 2. The molecule has 2 aromatic carbocycles. The quantitative estimate of drug-likeness (QED) is 0.0680. The Morgan fingerprint density at radius 3 is 1.78 bits per heavy atom. The molecule has 0 saturated heterocycles. The minimum atomic E-state index is -1.23. The lowest BCUT2D eigenvalue weighted by atomic mass is 9.84. The molecule has 1 atom stereocenters. The molecule has 13 nitrogen and oxygen atoms in total. The smallest absolute Gasteiger partial charge is 0.235 e. The van der Waals surface area contributed by atoms with Crippen LogP contribution in [0.4, 0.5) is 0 Å². The van der Waals surface area contributed by atoms with Crippen molar-refractivity contribution in [3.63, 3.8) is 0 Å². The number of nitrogens with zero attached hydrogens (tertiary/aromatic N) is 1. The molecule has 0 saturated carbocycles. The number of likely N-dealkylation sites (N-methyl/N-ethyl adjacent to an activating group) is 2. The molecular weight excluding hydrogens is 749 g/mol. The van der Waals surface area contributed by atoms with Gasteiger partial charge in [0.1, 0.15) is 5.41 Å². The van der Waals surface area contributed by atoms with E-state index in [1.54, 1.807) is 13.8 Å². The lowest BCUT2D eigenvalue weighted by Crippen LogP contribution is -2.49. The summed E-state index contributed by atoms with van der Waals surface area (Å²) < 4.78 is 33.2. The SMILES string of the molecule is CCNCCOCCOCCOCCNC(=O)C(C)(C)C(=O)NCCOCCOCCOCCNCc1cccc(C2CN(C)Cc3c(Cl)cc(Cl)cc32)c1. The Balaban J connectivity index is 1.13. The van der Waals surface area contributed by atoms with Gasteiger partial charge in [-0.3, -0.25) is 9.59 Å². The molecule has 3 rings (SSSR count). The molecule has 0 radical (unpaired) electrons. The summed E-state index contributed by atoms with van der Waals surface area (Å²) in [6, 6.07) is 12.5. The van der Waals surface area contributed by atoms with Crippen LogP contribution in [0, 0.1) is 5.41 Å². The van der Waals surface area contributed by atoms with E-state index in [2.05, 4.69) is 70.5 Å². The van der Waals surface area contributed by atoms with Crippen molar-refractivity contribution in [1.29, 1.82) is 0 Å². The minimum absolute atomic E-state index is 0.209. The molecule has 310 valence electrons. The van der Waals surface area contributed by atoms with Gasteiger partial charge in [-0.05, 0) is 61.8 Å². The van der Waals surface area contributed by atoms with Crippen LogP contribution in [0.5, 0.6) is 0 Å². The molecule has 0 aliphatic carbocycles. The van der Waals surface area contributed by atoms with E-state index in [-0.39, 0.29) is 24.3 Å². The number of benzene rings is 2. The molecule has 0 aromatic heterocycles. The number of fused-ring (bicyclic) bond motifs is 1. The number of ether oxygens (including phenoxy) is 6. The van der Waals surface area contributed by atoms with Gasteiger partial charge in [0.25, 0.3) is 0 Å². The normalized spacial score (nSPS) is 14.5. The molecule has 4 N–H and O–H groups in total. The van der Waals surface area contributed by atoms with Crippen molar-refractivity contribution in [2.24, 2.45) is 5.41 Å². The van der Waals surface area contributed by atoms with Gasteiger partial charge in [-0.2, -0.15) is 0 Å². The van der Waals surface area contributed by atoms with Crippen LogP contribution >= 0.6 is 23.2 Å². The summed E-state index contributed by atoms with van der Waals surface area (Å²) in [4.78, 5) is 27.5. The van der Waals surface area contributed by atoms with Gasteiger partial charge in [0.15, 0.2) is 0 Å². The number of carbonyl (C=O) groups excluding carboxylic acids is 2. The van der Waals surface area contributed by atoms with Crippen molar-refractivity contribution >= 4 is 35.0 Å². The first-order chi connectivity index (χ1) is 26.6. The maximum Gasteiger partial charge on any atom is 0.235 e. The number of hydrogen-bond acceptors (Lipinski definition) is 11. The van der Waals surface area contributed by atoms with Gasteiger partial charge in [-0.25, -0.2) is 0 Å². The first-order valence-corrected chi connectivity index (χ1v) is 20.1. The van der Waals surface area contributed by atoms with E-state index in [9.17, 15) is 9.59 Å². The van der Waals surface area contributed by atoms with Crippen LogP contribution in [0.2, 0.25) is 10.0 Å². The highest BCUT2D eigenvalue weighted by Gasteiger charge is 2.35. The average Bonchev–Trinajstić information content (AvgIpc) is 3.16. The molecule has 2 aromatic rings. The highest BCUT2D eigenvalue weighted by molar-refractivity contribution is 6.35. The maximum absolute atomic E-state index is 12.6. The van der Waals surface area contributed by atoms with Crippen LogP contribution in [0.3, 0.4) is 0 Å². The molecule has 0 spiro atoms. The summed E-state index contributed by atoms with van der Waals surface area (Å²) in [5.41, 5.74) is 3.59. The molecular formula is C40H63Cl2N5O8. The zero-order valence-electron chi connectivity index (χ0n) is 33.2. The topological polar surface area (TPSA) is 141 Å². The van der Waals surface area contributed by atoms with Gasteiger partial charge < -0.3 is 54.6 Å². The molecule has 1 unspecified atom stereocenters. The third kappa shape index (κ3) is 18.2. The first-order valence-electron chi connectivity index (χ1n) is 19.3. The number of nitrogens with one attached hydrogen (secondary N) is 4. The molecule has 2 amide bonds. The second-order valence-electron chi connectivity index (χ2n) is 13.8. The Bertz CT molecular complexity index is 1410. The van der Waals surface area contributed by atoms with Crippen molar-refractivity contribution in [3.05, 3.63) is 68.7 Å². The molecule has 1 aliphatic rings. The van der Waals surface area contributed by atoms with Crippen LogP contribution < -0.4 is 21.3 Å². The highest BCUT2D eigenvalue weighted by Crippen LogP contribution is 2.38. The third-order valence-electron chi connectivity index (χ3n) is 8.96. The Morgan fingerprint density at radius 2 is 1.24 bits per heavy atom. The summed E-state index contributed by atoms with van der Waals surface area (Å²) in [7, 11) is 2.12. The van der Waals surface area contributed by atoms with Crippen molar-refractivity contribution in [2.45, 2.75) is 39.8 Å². The van der Waals surface area contributed by atoms with Gasteiger partial charge in [-0.1, -0.05) is 54.4 Å². The fraction of sp³-hybridized carbons (Fsp3) is 0.650. The van der Waals surface area contributed by atoms with Gasteiger partial charge in [0.2, 0.25) is 11.8 Å². The second-order valence-corrected chi connectivity index (χ2v) is 14.6. The molecule has 15 heteroatoms. The zero-order chi connectivity index (χ0) is 39.7. The van der Waals surface area contributed by atoms with Gasteiger partial charge in [0, 0.05) is 61.8 Å². The summed E-state index contributed by atoms with van der Waals surface area (Å²) in [6.07, 6.45) is 0. The zero-order valence-corrected chi connectivity index (χ0v) is 34.7. The largest absolute Gasteiger partial charge is 0.378 e. The lowest BCUT2D eigenvalue weighted by Gasteiger charge is -2.33. The van der Waals surface area contributed by atoms with E-state index in [0.29, 0.717) is 90.8 Å². The number of rotatable bonds is 30. The standard InChI is InChI=1S/C40H63Cl2N5O8/c1-5-43-9-13-50-17-21-54-23-19-52-15-11-45-38(48)40(2,3)39(49)46-12-16-53-20-24-55-22-18-51-14-10-44-28-31-7-6-8-32(25-31)35-29-47(4)30-36-34(35)26-33(41)27-37(36)42/h6-8,25-27,35,43-44H,5,9-24,28-30H2,1-4H3,(H,45,48)(H,46,49). The summed E-state index contributed by atoms with van der Waals surface area (Å²) in [6.45, 7) is 16.3. The maximum atomic E-state index is 12.6. The van der Waals surface area contributed by atoms with Crippen molar-refractivity contribution in [3.8, 4) is 0 Å². The number of halogens is 2. The number of hydrogen-bond donors (Lipinski definition) is 4. The molecule has 55 heavy (non-hydrogen) atoms. The molecule has 0 fully saturated rings. The Kier molecular flexibility index (Phi) is 23.3. The highest BCUT2D eigenvalue weighted by atomic mass is 35.5. The lowest BCUT2D eigenvalue weighted by molar-refractivity contribution is -0.141. The summed E-state index contributed by atoms with van der Waals surface area (Å²) in [5, 5.41) is 13.6. The predicted molar refractivity (Wildman–Crippen MR) is 216 cm³/mol. The second kappa shape index (κ2) is 27.3.